The number of anilines is 2. The molecule has 0 radical (unpaired) electrons. The Hall–Kier alpha value is -5.54. The van der Waals surface area contributed by atoms with Crippen LogP contribution in [0.2, 0.25) is 0 Å². The molecule has 5 heterocycles. The van der Waals surface area contributed by atoms with Gasteiger partial charge in [0.1, 0.15) is 23.2 Å². The first kappa shape index (κ1) is 30.9. The number of likely N-dealkylation sites (tertiary alicyclic amines) is 1. The maximum absolute atomic E-state index is 9.05. The van der Waals surface area contributed by atoms with Crippen molar-refractivity contribution in [2.45, 2.75) is 39.3 Å². The number of piperidine rings is 1. The quantitative estimate of drug-likeness (QED) is 0.199. The first-order chi connectivity index (χ1) is 22.1. The van der Waals surface area contributed by atoms with Gasteiger partial charge in [-0.15, -0.1) is 0 Å². The molecule has 0 amide bonds. The van der Waals surface area contributed by atoms with Crippen molar-refractivity contribution < 1.29 is 0 Å². The van der Waals surface area contributed by atoms with E-state index in [-0.39, 0.29) is 5.82 Å². The average molecular weight is 603 g/mol. The fourth-order valence-electron chi connectivity index (χ4n) is 5.38. The normalized spacial score (nSPS) is 14.0. The van der Waals surface area contributed by atoms with Gasteiger partial charge in [0.05, 0.1) is 17.0 Å². The topological polar surface area (TPSA) is 173 Å². The summed E-state index contributed by atoms with van der Waals surface area (Å²) in [6.07, 6.45) is 6.76. The molecule has 6 rings (SSSR count). The highest BCUT2D eigenvalue weighted by Gasteiger charge is 2.21. The maximum atomic E-state index is 9.05. The van der Waals surface area contributed by atoms with Crippen LogP contribution in [0.3, 0.4) is 0 Å². The minimum Gasteiger partial charge on any atom is -0.403 e. The fourth-order valence-corrected chi connectivity index (χ4v) is 5.38. The van der Waals surface area contributed by atoms with Gasteiger partial charge in [0.2, 0.25) is 5.82 Å². The number of aromatic nitrogens is 6. The van der Waals surface area contributed by atoms with E-state index in [1.165, 1.54) is 11.8 Å². The Kier molecular flexibility index (Phi) is 9.81. The second kappa shape index (κ2) is 14.3. The molecule has 0 bridgehead atoms. The number of nitrogens with one attached hydrogen (secondary N) is 2. The molecule has 1 aliphatic rings. The number of pyridine rings is 2. The molecule has 1 aliphatic heterocycles. The lowest BCUT2D eigenvalue weighted by molar-refractivity contribution is 0.211. The Balaban J connectivity index is 0.00000196. The molecule has 12 nitrogen and oxygen atoms in total. The monoisotopic (exact) mass is 602 g/mol. The molecular weight excluding hydrogens is 564 g/mol. The lowest BCUT2D eigenvalue weighted by atomic mass is 10.0. The first-order valence-electron chi connectivity index (χ1n) is 15.1. The zero-order chi connectivity index (χ0) is 31.8. The summed E-state index contributed by atoms with van der Waals surface area (Å²) < 4.78 is 2.02. The molecule has 45 heavy (non-hydrogen) atoms. The molecule has 0 aliphatic carbocycles. The summed E-state index contributed by atoms with van der Waals surface area (Å²) in [5.41, 5.74) is 17.9. The number of rotatable bonds is 8. The summed E-state index contributed by atoms with van der Waals surface area (Å²) in [6.45, 7) is 6.77. The molecule has 0 saturated carbocycles. The number of fused-ring (bicyclic) bond motifs is 1. The third-order valence-electron chi connectivity index (χ3n) is 7.59. The fraction of sp³-hybridized carbons (Fsp3) is 0.273. The van der Waals surface area contributed by atoms with E-state index in [1.54, 1.807) is 18.5 Å². The van der Waals surface area contributed by atoms with Crippen molar-refractivity contribution in [2.75, 3.05) is 31.2 Å². The van der Waals surface area contributed by atoms with E-state index in [9.17, 15) is 0 Å². The van der Waals surface area contributed by atoms with E-state index < -0.39 is 0 Å². The summed E-state index contributed by atoms with van der Waals surface area (Å²) in [5, 5.41) is 15.6. The Morgan fingerprint density at radius 3 is 2.47 bits per heavy atom. The molecule has 5 aromatic rings. The lowest BCUT2D eigenvalue weighted by Crippen LogP contribution is -2.38. The van der Waals surface area contributed by atoms with E-state index in [0.29, 0.717) is 34.8 Å². The number of benzene rings is 1. The van der Waals surface area contributed by atoms with Gasteiger partial charge in [-0.25, -0.2) is 24.9 Å². The molecule has 0 spiro atoms. The van der Waals surface area contributed by atoms with Gasteiger partial charge in [-0.3, -0.25) is 9.47 Å². The van der Waals surface area contributed by atoms with Gasteiger partial charge in [-0.1, -0.05) is 26.0 Å². The minimum absolute atomic E-state index is 0.178. The zero-order valence-corrected chi connectivity index (χ0v) is 25.8. The zero-order valence-electron chi connectivity index (χ0n) is 25.8. The summed E-state index contributed by atoms with van der Waals surface area (Å²) in [6, 6.07) is 20.2. The lowest BCUT2D eigenvalue weighted by Gasteiger charge is -2.32. The van der Waals surface area contributed by atoms with Gasteiger partial charge >= 0.3 is 0 Å². The highest BCUT2D eigenvalue weighted by atomic mass is 15.2. The molecule has 1 aromatic carbocycles. The van der Waals surface area contributed by atoms with Gasteiger partial charge < -0.3 is 22.1 Å². The van der Waals surface area contributed by atoms with Crippen molar-refractivity contribution in [1.82, 2.24) is 39.7 Å². The number of hydrogen-bond donors (Lipinski definition) is 4. The molecule has 12 heteroatoms. The van der Waals surface area contributed by atoms with Crippen molar-refractivity contribution in [2.24, 2.45) is 5.73 Å². The summed E-state index contributed by atoms with van der Waals surface area (Å²) in [7, 11) is 1.81. The van der Waals surface area contributed by atoms with Gasteiger partial charge in [-0.05, 0) is 60.9 Å². The maximum Gasteiger partial charge on any atom is 0.234 e. The van der Waals surface area contributed by atoms with Crippen molar-refractivity contribution in [3.63, 3.8) is 0 Å². The second-order valence-corrected chi connectivity index (χ2v) is 10.3. The minimum atomic E-state index is 0.178. The van der Waals surface area contributed by atoms with Gasteiger partial charge in [-0.2, -0.15) is 5.26 Å². The molecule has 4 aromatic heterocycles. The number of nitriles is 1. The van der Waals surface area contributed by atoms with E-state index in [4.69, 9.17) is 26.7 Å². The molecule has 1 saturated heterocycles. The number of imidazole rings is 1. The second-order valence-electron chi connectivity index (χ2n) is 10.3. The molecule has 0 unspecified atom stereocenters. The largest absolute Gasteiger partial charge is 0.403 e. The van der Waals surface area contributed by atoms with Crippen LogP contribution in [0.5, 0.6) is 0 Å². The van der Waals surface area contributed by atoms with Crippen LogP contribution in [-0.2, 0) is 6.54 Å². The summed E-state index contributed by atoms with van der Waals surface area (Å²) in [4.78, 5) is 24.8. The van der Waals surface area contributed by atoms with Gasteiger partial charge in [0, 0.05) is 57.0 Å². The van der Waals surface area contributed by atoms with Crippen LogP contribution in [0, 0.1) is 11.3 Å². The van der Waals surface area contributed by atoms with Crippen LogP contribution in [0.4, 0.5) is 11.6 Å². The van der Waals surface area contributed by atoms with E-state index in [1.807, 2.05) is 55.8 Å². The summed E-state index contributed by atoms with van der Waals surface area (Å²) in [5.74, 6) is 1.94. The van der Waals surface area contributed by atoms with Crippen molar-refractivity contribution in [3.05, 3.63) is 90.3 Å². The number of hydrogen-bond acceptors (Lipinski definition) is 11. The Labute approximate surface area is 262 Å². The average Bonchev–Trinajstić information content (AvgIpc) is 3.46. The standard InChI is InChI=1S/C31H32N12.C2H6/c1-35-26(17-32)24-8-9-25-31(39-24)43(30(40-25)23-3-2-13-37-29(23)34)22-6-4-20(5-7-22)19-42-15-11-21(12-16-42)38-27-10-14-36-28(18-33)41-27;1-2/h2-10,13-14,17,21,35H,11-12,15-16,19,32H2,1H3,(H2,34,37)(H,36,38,41);1-2H3/b26-17-;. The predicted molar refractivity (Wildman–Crippen MR) is 178 cm³/mol. The molecule has 1 fully saturated rings. The number of nitrogens with two attached hydrogens (primary N) is 2. The Bertz CT molecular complexity index is 1810. The third-order valence-corrected chi connectivity index (χ3v) is 7.59. The van der Waals surface area contributed by atoms with Crippen molar-refractivity contribution in [1.29, 1.82) is 5.26 Å². The van der Waals surface area contributed by atoms with Crippen molar-refractivity contribution >= 4 is 28.5 Å². The number of nitrogen functional groups attached to an aromatic ring is 1. The summed E-state index contributed by atoms with van der Waals surface area (Å²) >= 11 is 0. The van der Waals surface area contributed by atoms with Crippen LogP contribution in [-0.4, -0.2) is 60.6 Å². The van der Waals surface area contributed by atoms with Crippen molar-refractivity contribution in [3.8, 4) is 23.1 Å². The van der Waals surface area contributed by atoms with E-state index >= 15 is 0 Å². The predicted octanol–water partition coefficient (Wildman–Crippen LogP) is 4.31. The van der Waals surface area contributed by atoms with E-state index in [0.717, 1.165) is 54.9 Å². The van der Waals surface area contributed by atoms with Crippen LogP contribution >= 0.6 is 0 Å². The van der Waals surface area contributed by atoms with Crippen LogP contribution in [0.1, 0.15) is 43.8 Å². The molecule has 230 valence electrons. The first-order valence-corrected chi connectivity index (χ1v) is 15.1. The van der Waals surface area contributed by atoms with Crippen LogP contribution < -0.4 is 22.1 Å². The molecular formula is C33H38N12. The SMILES string of the molecule is CC.CN/C(=C\N)c1ccc2nc(-c3cccnc3N)n(-c3ccc(CN4CCC(Nc5ccnc(C#N)n5)CC4)cc3)c2n1. The van der Waals surface area contributed by atoms with Crippen LogP contribution in [0.15, 0.2) is 73.2 Å². The van der Waals surface area contributed by atoms with E-state index in [2.05, 4.69) is 54.8 Å². The molecule has 0 atom stereocenters. The molecule has 6 N–H and O–H groups in total. The highest BCUT2D eigenvalue weighted by molar-refractivity contribution is 5.84. The Morgan fingerprint density at radius 2 is 1.78 bits per heavy atom. The highest BCUT2D eigenvalue weighted by Crippen LogP contribution is 2.31. The third kappa shape index (κ3) is 6.84. The van der Waals surface area contributed by atoms with Gasteiger partial charge in [0.25, 0.3) is 0 Å². The number of nitrogens with zero attached hydrogens (tertiary/aromatic N) is 8. The van der Waals surface area contributed by atoms with Gasteiger partial charge in [0.15, 0.2) is 11.5 Å². The van der Waals surface area contributed by atoms with Crippen LogP contribution in [0.25, 0.3) is 33.9 Å². The smallest absolute Gasteiger partial charge is 0.234 e. The Morgan fingerprint density at radius 1 is 1.00 bits per heavy atom.